The fourth-order valence-corrected chi connectivity index (χ4v) is 8.59. The second kappa shape index (κ2) is 14.9. The van der Waals surface area contributed by atoms with E-state index >= 15 is 0 Å². The number of ether oxygens (including phenoxy) is 1. The first kappa shape index (κ1) is 34.9. The number of benzene rings is 2. The maximum atomic E-state index is 14.4. The zero-order valence-corrected chi connectivity index (χ0v) is 29.2. The van der Waals surface area contributed by atoms with Crippen LogP contribution in [0.5, 0.6) is 0 Å². The predicted molar refractivity (Wildman–Crippen MR) is 189 cm³/mol. The Bertz CT molecular complexity index is 1510. The Morgan fingerprint density at radius 2 is 1.69 bits per heavy atom. The molecule has 5 unspecified atom stereocenters. The highest BCUT2D eigenvalue weighted by atomic mass is 35.5. The quantitative estimate of drug-likeness (QED) is 0.347. The molecule has 2 aromatic rings. The minimum absolute atomic E-state index is 0. The van der Waals surface area contributed by atoms with Gasteiger partial charge in [-0.25, -0.2) is 0 Å². The van der Waals surface area contributed by atoms with Crippen LogP contribution in [0, 0.1) is 18.8 Å². The number of anilines is 1. The Hall–Kier alpha value is -2.95. The molecule has 3 amide bonds. The average molecular weight is 697 g/mol. The monoisotopic (exact) mass is 695 g/mol. The zero-order chi connectivity index (χ0) is 32.5. The van der Waals surface area contributed by atoms with Crippen LogP contribution in [0.4, 0.5) is 5.69 Å². The minimum atomic E-state index is -1.16. The Balaban J connectivity index is 0.00000401. The lowest BCUT2D eigenvalue weighted by molar-refractivity contribution is -0.141. The Labute approximate surface area is 294 Å². The highest BCUT2D eigenvalue weighted by molar-refractivity contribution is 6.31. The molecule has 4 aliphatic heterocycles. The normalized spacial score (nSPS) is 28.7. The molecule has 7 rings (SSSR count). The maximum Gasteiger partial charge on any atom is 0.246 e. The van der Waals surface area contributed by atoms with Crippen LogP contribution in [0.1, 0.15) is 49.7 Å². The van der Waals surface area contributed by atoms with Crippen molar-refractivity contribution in [2.45, 2.75) is 75.8 Å². The van der Waals surface area contributed by atoms with Crippen molar-refractivity contribution in [2.24, 2.45) is 11.8 Å². The van der Waals surface area contributed by atoms with E-state index in [9.17, 15) is 14.4 Å². The van der Waals surface area contributed by atoms with Crippen LogP contribution >= 0.6 is 24.0 Å². The highest BCUT2D eigenvalue weighted by Gasteiger charge is 2.72. The van der Waals surface area contributed by atoms with Crippen molar-refractivity contribution in [3.8, 4) is 0 Å². The van der Waals surface area contributed by atoms with Crippen LogP contribution in [0.25, 0.3) is 0 Å². The lowest BCUT2D eigenvalue weighted by Crippen LogP contribution is -2.56. The van der Waals surface area contributed by atoms with Gasteiger partial charge in [-0.15, -0.1) is 12.4 Å². The van der Waals surface area contributed by atoms with Crippen molar-refractivity contribution in [1.29, 1.82) is 0 Å². The lowest BCUT2D eigenvalue weighted by Gasteiger charge is -2.36. The van der Waals surface area contributed by atoms with Gasteiger partial charge >= 0.3 is 0 Å². The van der Waals surface area contributed by atoms with E-state index in [4.69, 9.17) is 16.3 Å². The van der Waals surface area contributed by atoms with Crippen LogP contribution < -0.4 is 10.6 Å². The maximum absolute atomic E-state index is 14.4. The van der Waals surface area contributed by atoms with E-state index in [1.165, 1.54) is 12.0 Å². The summed E-state index contributed by atoms with van der Waals surface area (Å²) in [6.07, 6.45) is 9.20. The van der Waals surface area contributed by atoms with Crippen molar-refractivity contribution in [3.05, 3.63) is 76.8 Å². The fraction of sp³-hybridized carbons (Fsp3) is 0.541. The summed E-state index contributed by atoms with van der Waals surface area (Å²) in [5.41, 5.74) is 1.66. The molecule has 2 bridgehead atoms. The molecule has 9 nitrogen and oxygen atoms in total. The summed E-state index contributed by atoms with van der Waals surface area (Å²) in [6, 6.07) is 15.2. The van der Waals surface area contributed by atoms with E-state index in [0.717, 1.165) is 76.9 Å². The molecule has 2 N–H and O–H groups in total. The fourth-order valence-electron chi connectivity index (χ4n) is 8.41. The number of amides is 3. The van der Waals surface area contributed by atoms with Gasteiger partial charge in [-0.05, 0) is 56.0 Å². The van der Waals surface area contributed by atoms with E-state index in [1.807, 2.05) is 37.3 Å². The number of fused-ring (bicyclic) bond motifs is 1. The molecular weight excluding hydrogens is 649 g/mol. The molecule has 0 aromatic heterocycles. The van der Waals surface area contributed by atoms with E-state index in [0.29, 0.717) is 17.3 Å². The first-order chi connectivity index (χ1) is 22.8. The largest absolute Gasteiger partial charge is 0.359 e. The molecule has 1 saturated carbocycles. The molecule has 1 aliphatic carbocycles. The van der Waals surface area contributed by atoms with Crippen molar-refractivity contribution in [3.63, 3.8) is 0 Å². The third kappa shape index (κ3) is 6.90. The van der Waals surface area contributed by atoms with Crippen LogP contribution in [-0.4, -0.2) is 95.5 Å². The van der Waals surface area contributed by atoms with E-state index in [-0.39, 0.29) is 36.2 Å². The van der Waals surface area contributed by atoms with Gasteiger partial charge in [0.15, 0.2) is 0 Å². The number of carbonyl (C=O) groups is 3. The van der Waals surface area contributed by atoms with Crippen molar-refractivity contribution in [2.75, 3.05) is 44.6 Å². The second-order valence-electron chi connectivity index (χ2n) is 14.0. The smallest absolute Gasteiger partial charge is 0.246 e. The number of rotatable bonds is 10. The molecule has 1 spiro atoms. The first-order valence-electron chi connectivity index (χ1n) is 17.4. The summed E-state index contributed by atoms with van der Waals surface area (Å²) in [6.45, 7) is 8.08. The highest BCUT2D eigenvalue weighted by Crippen LogP contribution is 2.55. The molecule has 4 heterocycles. The number of piperazine rings is 1. The molecule has 48 heavy (non-hydrogen) atoms. The molecule has 0 radical (unpaired) electrons. The van der Waals surface area contributed by atoms with Crippen LogP contribution in [0.2, 0.25) is 5.02 Å². The second-order valence-corrected chi connectivity index (χ2v) is 14.4. The standard InChI is InChI=1S/C37H46ClN5O4.ClH/c1-25-13-14-28(23-29(25)38)40-34(44)31-30-15-16-37(47-30)32(31)36(46)43(33(37)35(45)39-27-11-6-3-7-12-27)18-8-17-41-19-21-42(22-20-41)24-26-9-4-2-5-10-26;/h2,4-5,9-10,13-16,23,27,30-33H,3,6-8,11-12,17-22,24H2,1H3,(H,39,45)(H,40,44);1H. The van der Waals surface area contributed by atoms with E-state index in [1.54, 1.807) is 11.0 Å². The van der Waals surface area contributed by atoms with Gasteiger partial charge < -0.3 is 25.2 Å². The molecule has 4 fully saturated rings. The van der Waals surface area contributed by atoms with Crippen LogP contribution in [0.15, 0.2) is 60.7 Å². The third-order valence-electron chi connectivity index (χ3n) is 10.9. The molecule has 5 aliphatic rings. The van der Waals surface area contributed by atoms with Gasteiger partial charge in [-0.2, -0.15) is 0 Å². The minimum Gasteiger partial charge on any atom is -0.359 e. The number of carbonyl (C=O) groups excluding carboxylic acids is 3. The Kier molecular flexibility index (Phi) is 10.8. The van der Waals surface area contributed by atoms with Crippen LogP contribution in [0.3, 0.4) is 0 Å². The number of hydrogen-bond acceptors (Lipinski definition) is 6. The summed E-state index contributed by atoms with van der Waals surface area (Å²) in [4.78, 5) is 48.9. The van der Waals surface area contributed by atoms with Crippen molar-refractivity contribution >= 4 is 47.4 Å². The molecule has 5 atom stereocenters. The van der Waals surface area contributed by atoms with Crippen molar-refractivity contribution < 1.29 is 19.1 Å². The molecule has 258 valence electrons. The summed E-state index contributed by atoms with van der Waals surface area (Å²) < 4.78 is 6.54. The number of hydrogen-bond donors (Lipinski definition) is 2. The van der Waals surface area contributed by atoms with Crippen LogP contribution in [-0.2, 0) is 25.7 Å². The number of halogens is 2. The summed E-state index contributed by atoms with van der Waals surface area (Å²) in [5.74, 6) is -2.13. The SMILES string of the molecule is Cc1ccc(NC(=O)C2C3C=CC4(O3)C2C(=O)N(CCCN2CCN(Cc3ccccc3)CC2)C4C(=O)NC2CCCCC2)cc1Cl.Cl. The number of aryl methyl sites for hydroxylation is 1. The van der Waals surface area contributed by atoms with Gasteiger partial charge in [0.2, 0.25) is 17.7 Å². The van der Waals surface area contributed by atoms with Gasteiger partial charge in [-0.1, -0.05) is 79.4 Å². The number of likely N-dealkylation sites (tertiary alicyclic amines) is 1. The van der Waals surface area contributed by atoms with Gasteiger partial charge in [0.1, 0.15) is 11.6 Å². The average Bonchev–Trinajstić information content (AvgIpc) is 3.72. The number of nitrogens with one attached hydrogen (secondary N) is 2. The van der Waals surface area contributed by atoms with E-state index in [2.05, 4.69) is 44.7 Å². The Morgan fingerprint density at radius 1 is 0.958 bits per heavy atom. The summed E-state index contributed by atoms with van der Waals surface area (Å²) in [5, 5.41) is 6.82. The lowest BCUT2D eigenvalue weighted by atomic mass is 9.74. The van der Waals surface area contributed by atoms with Gasteiger partial charge in [0, 0.05) is 56.0 Å². The summed E-state index contributed by atoms with van der Waals surface area (Å²) in [7, 11) is 0. The molecule has 2 aromatic carbocycles. The molecule has 3 saturated heterocycles. The number of nitrogens with zero attached hydrogens (tertiary/aromatic N) is 3. The Morgan fingerprint density at radius 3 is 2.42 bits per heavy atom. The van der Waals surface area contributed by atoms with Gasteiger partial charge in [0.25, 0.3) is 0 Å². The van der Waals surface area contributed by atoms with E-state index < -0.39 is 29.6 Å². The summed E-state index contributed by atoms with van der Waals surface area (Å²) >= 11 is 6.33. The third-order valence-corrected chi connectivity index (χ3v) is 11.3. The topological polar surface area (TPSA) is 94.2 Å². The zero-order valence-electron chi connectivity index (χ0n) is 27.6. The van der Waals surface area contributed by atoms with Gasteiger partial charge in [-0.3, -0.25) is 19.3 Å². The van der Waals surface area contributed by atoms with Gasteiger partial charge in [0.05, 0.1) is 17.9 Å². The van der Waals surface area contributed by atoms with Crippen molar-refractivity contribution in [1.82, 2.24) is 20.0 Å². The first-order valence-corrected chi connectivity index (χ1v) is 17.7. The molecule has 11 heteroatoms. The predicted octanol–water partition coefficient (Wildman–Crippen LogP) is 4.82. The molecular formula is C37H47Cl2N5O4.